The lowest BCUT2D eigenvalue weighted by atomic mass is 10.0. The first-order valence-corrected chi connectivity index (χ1v) is 8.62. The summed E-state index contributed by atoms with van der Waals surface area (Å²) in [5.74, 6) is 0.280. The molecule has 0 saturated carbocycles. The van der Waals surface area contributed by atoms with Crippen molar-refractivity contribution in [2.24, 2.45) is 0 Å². The molecule has 0 atom stereocenters. The average Bonchev–Trinajstić information content (AvgIpc) is 2.58. The van der Waals surface area contributed by atoms with Gasteiger partial charge in [-0.25, -0.2) is 0 Å². The largest absolute Gasteiger partial charge is 0.484 e. The fraction of sp³-hybridized carbons (Fsp3) is 0.500. The SMILES string of the molecule is Cc1cc(OCC(=O)NC2CCN(C(=O)CC#N)CC2)cc(C)c1Cl. The van der Waals surface area contributed by atoms with Crippen molar-refractivity contribution in [2.75, 3.05) is 19.7 Å². The lowest BCUT2D eigenvalue weighted by molar-refractivity contribution is -0.131. The Balaban J connectivity index is 1.76. The summed E-state index contributed by atoms with van der Waals surface area (Å²) in [5, 5.41) is 12.2. The van der Waals surface area contributed by atoms with Crippen LogP contribution < -0.4 is 10.1 Å². The number of amides is 2. The summed E-state index contributed by atoms with van der Waals surface area (Å²) in [7, 11) is 0. The Morgan fingerprint density at radius 1 is 1.32 bits per heavy atom. The zero-order valence-electron chi connectivity index (χ0n) is 14.5. The van der Waals surface area contributed by atoms with Gasteiger partial charge in [-0.15, -0.1) is 0 Å². The highest BCUT2D eigenvalue weighted by Gasteiger charge is 2.23. The van der Waals surface area contributed by atoms with Crippen molar-refractivity contribution in [1.29, 1.82) is 5.26 Å². The number of aryl methyl sites for hydroxylation is 2. The molecular weight excluding hydrogens is 342 g/mol. The number of hydrogen-bond acceptors (Lipinski definition) is 4. The van der Waals surface area contributed by atoms with Crippen molar-refractivity contribution in [1.82, 2.24) is 10.2 Å². The molecule has 0 unspecified atom stereocenters. The molecule has 1 aromatic rings. The van der Waals surface area contributed by atoms with E-state index in [1.54, 1.807) is 4.90 Å². The third kappa shape index (κ3) is 5.36. The van der Waals surface area contributed by atoms with E-state index in [-0.39, 0.29) is 30.9 Å². The van der Waals surface area contributed by atoms with Gasteiger partial charge in [-0.2, -0.15) is 5.26 Å². The number of nitrogens with one attached hydrogen (secondary N) is 1. The molecule has 1 saturated heterocycles. The molecule has 2 amide bonds. The van der Waals surface area contributed by atoms with E-state index in [0.29, 0.717) is 36.7 Å². The van der Waals surface area contributed by atoms with E-state index in [1.807, 2.05) is 32.0 Å². The van der Waals surface area contributed by atoms with Crippen LogP contribution in [0.5, 0.6) is 5.75 Å². The summed E-state index contributed by atoms with van der Waals surface area (Å²) in [4.78, 5) is 25.4. The highest BCUT2D eigenvalue weighted by molar-refractivity contribution is 6.32. The average molecular weight is 364 g/mol. The summed E-state index contributed by atoms with van der Waals surface area (Å²) >= 11 is 6.11. The van der Waals surface area contributed by atoms with Gasteiger partial charge in [0.1, 0.15) is 12.2 Å². The standard InChI is InChI=1S/C18H22ClN3O3/c1-12-9-15(10-13(2)18(12)19)25-11-16(23)21-14-4-7-22(8-5-14)17(24)3-6-20/h9-10,14H,3-5,7-8,11H2,1-2H3,(H,21,23). The zero-order valence-corrected chi connectivity index (χ0v) is 15.2. The van der Waals surface area contributed by atoms with Gasteiger partial charge in [0.15, 0.2) is 6.61 Å². The Morgan fingerprint density at radius 2 is 1.92 bits per heavy atom. The van der Waals surface area contributed by atoms with Crippen LogP contribution in [-0.2, 0) is 9.59 Å². The van der Waals surface area contributed by atoms with Crippen LogP contribution in [0.3, 0.4) is 0 Å². The molecule has 0 aliphatic carbocycles. The lowest BCUT2D eigenvalue weighted by Gasteiger charge is -2.32. The first-order valence-electron chi connectivity index (χ1n) is 8.24. The molecule has 1 N–H and O–H groups in total. The Morgan fingerprint density at radius 3 is 2.48 bits per heavy atom. The topological polar surface area (TPSA) is 82.4 Å². The fourth-order valence-electron chi connectivity index (χ4n) is 2.86. The van der Waals surface area contributed by atoms with Crippen molar-refractivity contribution in [2.45, 2.75) is 39.2 Å². The van der Waals surface area contributed by atoms with Crippen LogP contribution in [0.4, 0.5) is 0 Å². The van der Waals surface area contributed by atoms with Crippen LogP contribution in [0.25, 0.3) is 0 Å². The molecule has 1 aromatic carbocycles. The maximum atomic E-state index is 12.1. The van der Waals surface area contributed by atoms with Gasteiger partial charge in [0.05, 0.1) is 6.07 Å². The fourth-order valence-corrected chi connectivity index (χ4v) is 2.97. The van der Waals surface area contributed by atoms with Gasteiger partial charge in [0, 0.05) is 24.2 Å². The van der Waals surface area contributed by atoms with Gasteiger partial charge in [-0.1, -0.05) is 11.6 Å². The molecule has 134 valence electrons. The van der Waals surface area contributed by atoms with Gasteiger partial charge in [-0.3, -0.25) is 9.59 Å². The van der Waals surface area contributed by atoms with Crippen molar-refractivity contribution < 1.29 is 14.3 Å². The Bertz CT molecular complexity index is 668. The minimum Gasteiger partial charge on any atom is -0.484 e. The molecule has 0 radical (unpaired) electrons. The summed E-state index contributed by atoms with van der Waals surface area (Å²) in [6, 6.07) is 5.50. The number of hydrogen-bond donors (Lipinski definition) is 1. The van der Waals surface area contributed by atoms with E-state index in [0.717, 1.165) is 11.1 Å². The number of nitrogens with zero attached hydrogens (tertiary/aromatic N) is 2. The van der Waals surface area contributed by atoms with Gasteiger partial charge in [-0.05, 0) is 49.9 Å². The molecule has 1 aliphatic heterocycles. The van der Waals surface area contributed by atoms with Crippen LogP contribution >= 0.6 is 11.6 Å². The normalized spacial score (nSPS) is 14.7. The number of benzene rings is 1. The van der Waals surface area contributed by atoms with Gasteiger partial charge in [0.25, 0.3) is 5.91 Å². The van der Waals surface area contributed by atoms with E-state index in [1.165, 1.54) is 0 Å². The van der Waals surface area contributed by atoms with E-state index < -0.39 is 0 Å². The highest BCUT2D eigenvalue weighted by atomic mass is 35.5. The molecule has 0 aromatic heterocycles. The number of halogens is 1. The first-order chi connectivity index (χ1) is 11.9. The quantitative estimate of drug-likeness (QED) is 0.870. The summed E-state index contributed by atoms with van der Waals surface area (Å²) in [5.41, 5.74) is 1.82. The number of carbonyl (C=O) groups excluding carboxylic acids is 2. The molecule has 25 heavy (non-hydrogen) atoms. The molecule has 7 heteroatoms. The second-order valence-electron chi connectivity index (χ2n) is 6.22. The maximum absolute atomic E-state index is 12.1. The van der Waals surface area contributed by atoms with Crippen molar-refractivity contribution in [3.8, 4) is 11.8 Å². The van der Waals surface area contributed by atoms with E-state index in [4.69, 9.17) is 21.6 Å². The number of carbonyl (C=O) groups is 2. The Kier molecular flexibility index (Phi) is 6.65. The van der Waals surface area contributed by atoms with Crippen LogP contribution in [0, 0.1) is 25.2 Å². The van der Waals surface area contributed by atoms with Gasteiger partial charge < -0.3 is 15.0 Å². The molecule has 2 rings (SSSR count). The zero-order chi connectivity index (χ0) is 18.4. The number of nitriles is 1. The number of likely N-dealkylation sites (tertiary alicyclic amines) is 1. The second-order valence-corrected chi connectivity index (χ2v) is 6.60. The van der Waals surface area contributed by atoms with Crippen LogP contribution in [-0.4, -0.2) is 42.5 Å². The highest BCUT2D eigenvalue weighted by Crippen LogP contribution is 2.25. The van der Waals surface area contributed by atoms with Crippen molar-refractivity contribution in [3.05, 3.63) is 28.3 Å². The number of piperidine rings is 1. The molecule has 1 fully saturated rings. The predicted octanol–water partition coefficient (Wildman–Crippen LogP) is 2.36. The summed E-state index contributed by atoms with van der Waals surface area (Å²) < 4.78 is 5.55. The molecular formula is C18H22ClN3O3. The third-order valence-electron chi connectivity index (χ3n) is 4.22. The smallest absolute Gasteiger partial charge is 0.258 e. The Hall–Kier alpha value is -2.26. The number of ether oxygens (including phenoxy) is 1. The molecule has 0 bridgehead atoms. The first kappa shape index (κ1) is 19.1. The van der Waals surface area contributed by atoms with Crippen molar-refractivity contribution in [3.63, 3.8) is 0 Å². The van der Waals surface area contributed by atoms with Gasteiger partial charge in [0.2, 0.25) is 5.91 Å². The molecule has 0 spiro atoms. The van der Waals surface area contributed by atoms with E-state index in [9.17, 15) is 9.59 Å². The predicted molar refractivity (Wildman–Crippen MR) is 94.4 cm³/mol. The lowest BCUT2D eigenvalue weighted by Crippen LogP contribution is -2.47. The van der Waals surface area contributed by atoms with Gasteiger partial charge >= 0.3 is 0 Å². The minimum absolute atomic E-state index is 0.0240. The third-order valence-corrected chi connectivity index (χ3v) is 4.82. The van der Waals surface area contributed by atoms with E-state index >= 15 is 0 Å². The molecule has 6 nitrogen and oxygen atoms in total. The van der Waals surface area contributed by atoms with Crippen LogP contribution in [0.1, 0.15) is 30.4 Å². The van der Waals surface area contributed by atoms with Crippen molar-refractivity contribution >= 4 is 23.4 Å². The second kappa shape index (κ2) is 8.72. The number of rotatable bonds is 5. The summed E-state index contributed by atoms with van der Waals surface area (Å²) in [6.45, 7) is 4.84. The minimum atomic E-state index is -0.188. The van der Waals surface area contributed by atoms with E-state index in [2.05, 4.69) is 5.32 Å². The van der Waals surface area contributed by atoms with Crippen LogP contribution in [0.2, 0.25) is 5.02 Å². The monoisotopic (exact) mass is 363 g/mol. The van der Waals surface area contributed by atoms with Crippen LogP contribution in [0.15, 0.2) is 12.1 Å². The summed E-state index contributed by atoms with van der Waals surface area (Å²) in [6.07, 6.45) is 1.27. The molecule has 1 heterocycles. The maximum Gasteiger partial charge on any atom is 0.258 e. The Labute approximate surface area is 152 Å². The molecule has 1 aliphatic rings.